The van der Waals surface area contributed by atoms with Gasteiger partial charge in [0.05, 0.1) is 33.6 Å². The molecule has 7 aromatic rings. The predicted molar refractivity (Wildman–Crippen MR) is 202 cm³/mol. The lowest BCUT2D eigenvalue weighted by Gasteiger charge is -2.32. The predicted octanol–water partition coefficient (Wildman–Crippen LogP) is 11.2. The number of fused-ring (bicyclic) bond motifs is 2. The van der Waals surface area contributed by atoms with Gasteiger partial charge in [0.15, 0.2) is 0 Å². The lowest BCUT2D eigenvalue weighted by molar-refractivity contribution is 0.0877. The average molecular weight is 736 g/mol. The summed E-state index contributed by atoms with van der Waals surface area (Å²) in [6.07, 6.45) is 0. The first kappa shape index (κ1) is 31.3. The topological polar surface area (TPSA) is 74.8 Å². The van der Waals surface area contributed by atoms with Crippen molar-refractivity contribution in [3.05, 3.63) is 125 Å². The molecule has 0 atom stereocenters. The number of nitrogens with zero attached hydrogens (tertiary/aromatic N) is 2. The summed E-state index contributed by atoms with van der Waals surface area (Å²) in [5.41, 5.74) is 4.90. The summed E-state index contributed by atoms with van der Waals surface area (Å²) < 4.78 is 0. The van der Waals surface area contributed by atoms with Crippen molar-refractivity contribution in [1.82, 2.24) is 0 Å². The Hall–Kier alpha value is -4.72. The van der Waals surface area contributed by atoms with E-state index in [1.807, 2.05) is 64.1 Å². The highest BCUT2D eigenvalue weighted by Gasteiger charge is 2.41. The van der Waals surface area contributed by atoms with Gasteiger partial charge in [0.1, 0.15) is 0 Å². The molecule has 244 valence electrons. The lowest BCUT2D eigenvalue weighted by Crippen LogP contribution is -2.41. The summed E-state index contributed by atoms with van der Waals surface area (Å²) in [6, 6.07) is 17.3. The van der Waals surface area contributed by atoms with E-state index >= 15 is 0 Å². The number of rotatable bonds is 2. The highest BCUT2D eigenvalue weighted by Crippen LogP contribution is 2.54. The first-order valence-corrected chi connectivity index (χ1v) is 17.2. The summed E-state index contributed by atoms with van der Waals surface area (Å²) in [6.45, 7) is 7.37. The van der Waals surface area contributed by atoms with Crippen LogP contribution in [-0.4, -0.2) is 23.6 Å². The molecule has 7 aromatic carbocycles. The summed E-state index contributed by atoms with van der Waals surface area (Å²) in [7, 11) is 0. The molecular formula is C40H22Cl4N2O4. The fourth-order valence-electron chi connectivity index (χ4n) is 8.18. The molecule has 10 heteroatoms. The maximum absolute atomic E-state index is 14.3. The van der Waals surface area contributed by atoms with Crippen molar-refractivity contribution in [2.24, 2.45) is 0 Å². The molecular weight excluding hydrogens is 714 g/mol. The molecule has 4 amide bonds. The van der Waals surface area contributed by atoms with Crippen LogP contribution in [0.25, 0.3) is 43.1 Å². The Morgan fingerprint density at radius 2 is 0.620 bits per heavy atom. The Labute approximate surface area is 305 Å². The van der Waals surface area contributed by atoms with Crippen molar-refractivity contribution in [3.8, 4) is 0 Å². The van der Waals surface area contributed by atoms with Crippen molar-refractivity contribution in [3.63, 3.8) is 0 Å². The van der Waals surface area contributed by atoms with Crippen LogP contribution < -0.4 is 9.80 Å². The summed E-state index contributed by atoms with van der Waals surface area (Å²) >= 11 is 28.5. The minimum absolute atomic E-state index is 0.182. The molecule has 0 aliphatic carbocycles. The zero-order valence-electron chi connectivity index (χ0n) is 26.8. The highest BCUT2D eigenvalue weighted by atomic mass is 35.5. The zero-order chi connectivity index (χ0) is 35.2. The molecule has 0 fully saturated rings. The van der Waals surface area contributed by atoms with E-state index in [2.05, 4.69) is 0 Å². The molecule has 2 aliphatic heterocycles. The smallest absolute Gasteiger partial charge is 0.266 e. The maximum atomic E-state index is 14.3. The van der Waals surface area contributed by atoms with E-state index in [0.717, 1.165) is 22.3 Å². The van der Waals surface area contributed by atoms with Gasteiger partial charge in [0.2, 0.25) is 0 Å². The van der Waals surface area contributed by atoms with Crippen molar-refractivity contribution in [1.29, 1.82) is 0 Å². The Morgan fingerprint density at radius 3 is 0.860 bits per heavy atom. The Balaban J connectivity index is 1.42. The van der Waals surface area contributed by atoms with Crippen molar-refractivity contribution >= 4 is 124 Å². The fourth-order valence-corrected chi connectivity index (χ4v) is 9.37. The second-order valence-electron chi connectivity index (χ2n) is 13.0. The monoisotopic (exact) mass is 734 g/mol. The number of para-hydroxylation sites is 2. The standard InChI is InChI=1S/C40H22Cl4N2O4/c1-15-7-5-8-16(2)35(15)45-37(47)19-11-23(41)29-31-25(43)13-21-28-22(40(50)46(39(21)49)36-17(3)9-6-10-18(36)4)14-26(44)32(34(28)31)30-24(42)12-20(38(45)48)27(19)33(29)30/h5-14H,1-4H3. The second-order valence-corrected chi connectivity index (χ2v) is 14.6. The Kier molecular flexibility index (Phi) is 6.51. The van der Waals surface area contributed by atoms with Gasteiger partial charge in [0, 0.05) is 63.2 Å². The summed E-state index contributed by atoms with van der Waals surface area (Å²) in [5, 5.41) is 4.09. The third kappa shape index (κ3) is 3.77. The molecule has 50 heavy (non-hydrogen) atoms. The summed E-state index contributed by atoms with van der Waals surface area (Å²) in [5.74, 6) is -2.12. The van der Waals surface area contributed by atoms with E-state index in [9.17, 15) is 19.2 Å². The third-order valence-electron chi connectivity index (χ3n) is 10.2. The van der Waals surface area contributed by atoms with Crippen LogP contribution in [0.2, 0.25) is 20.1 Å². The summed E-state index contributed by atoms with van der Waals surface area (Å²) in [4.78, 5) is 59.7. The van der Waals surface area contributed by atoms with Crippen LogP contribution in [0, 0.1) is 27.7 Å². The molecule has 0 N–H and O–H groups in total. The molecule has 6 nitrogen and oxygen atoms in total. The van der Waals surface area contributed by atoms with Crippen LogP contribution >= 0.6 is 46.4 Å². The van der Waals surface area contributed by atoms with E-state index in [1.165, 1.54) is 9.80 Å². The SMILES string of the molecule is Cc1cccc(C)c1N1C(=O)c2cc(Cl)c3c4c(Cl)cc5c6c(cc(Cl)c(c7c(Cl)cc(c2c37)C1=O)c64)C(=O)N(c1c(C)cccc1C)C5=O. The number of aryl methyl sites for hydroxylation is 4. The minimum atomic E-state index is -0.530. The van der Waals surface area contributed by atoms with Gasteiger partial charge in [-0.1, -0.05) is 82.8 Å². The normalized spacial score (nSPS) is 14.5. The Morgan fingerprint density at radius 1 is 0.380 bits per heavy atom. The van der Waals surface area contributed by atoms with Gasteiger partial charge in [-0.05, 0) is 74.2 Å². The van der Waals surface area contributed by atoms with Crippen LogP contribution in [-0.2, 0) is 0 Å². The quantitative estimate of drug-likeness (QED) is 0.101. The third-order valence-corrected chi connectivity index (χ3v) is 11.4. The zero-order valence-corrected chi connectivity index (χ0v) is 29.8. The van der Waals surface area contributed by atoms with Crippen molar-refractivity contribution < 1.29 is 19.2 Å². The number of anilines is 2. The van der Waals surface area contributed by atoms with Crippen LogP contribution in [0.15, 0.2) is 60.7 Å². The van der Waals surface area contributed by atoms with Crippen molar-refractivity contribution in [2.45, 2.75) is 27.7 Å². The van der Waals surface area contributed by atoms with E-state index in [4.69, 9.17) is 46.4 Å². The fraction of sp³-hybridized carbons (Fsp3) is 0.100. The molecule has 2 heterocycles. The van der Waals surface area contributed by atoms with Crippen LogP contribution in [0.1, 0.15) is 63.7 Å². The molecule has 0 saturated heterocycles. The Bertz CT molecular complexity index is 2480. The number of halogens is 4. The number of imide groups is 2. The largest absolute Gasteiger partial charge is 0.268 e. The molecule has 0 unspecified atom stereocenters. The van der Waals surface area contributed by atoms with Gasteiger partial charge in [-0.25, -0.2) is 9.80 Å². The van der Waals surface area contributed by atoms with E-state index in [0.29, 0.717) is 54.5 Å². The van der Waals surface area contributed by atoms with Gasteiger partial charge in [0.25, 0.3) is 23.6 Å². The van der Waals surface area contributed by atoms with Crippen LogP contribution in [0.4, 0.5) is 11.4 Å². The molecule has 0 saturated carbocycles. The second kappa shape index (κ2) is 10.4. The van der Waals surface area contributed by atoms with Crippen LogP contribution in [0.5, 0.6) is 0 Å². The van der Waals surface area contributed by atoms with Crippen molar-refractivity contribution in [2.75, 3.05) is 9.80 Å². The number of benzene rings is 7. The van der Waals surface area contributed by atoms with Gasteiger partial charge < -0.3 is 0 Å². The van der Waals surface area contributed by atoms with Gasteiger partial charge in [-0.15, -0.1) is 0 Å². The number of hydrogen-bond acceptors (Lipinski definition) is 4. The number of hydrogen-bond donors (Lipinski definition) is 0. The number of carbonyl (C=O) groups excluding carboxylic acids is 4. The van der Waals surface area contributed by atoms with E-state index < -0.39 is 23.6 Å². The maximum Gasteiger partial charge on any atom is 0.266 e. The van der Waals surface area contributed by atoms with Gasteiger partial charge in [-0.2, -0.15) is 0 Å². The van der Waals surface area contributed by atoms with E-state index in [-0.39, 0.29) is 42.3 Å². The van der Waals surface area contributed by atoms with Crippen LogP contribution in [0.3, 0.4) is 0 Å². The number of carbonyl (C=O) groups is 4. The first-order valence-electron chi connectivity index (χ1n) is 15.7. The molecule has 0 radical (unpaired) electrons. The van der Waals surface area contributed by atoms with E-state index in [1.54, 1.807) is 24.3 Å². The lowest BCUT2D eigenvalue weighted by atomic mass is 9.81. The molecule has 0 bridgehead atoms. The minimum Gasteiger partial charge on any atom is -0.268 e. The van der Waals surface area contributed by atoms with Gasteiger partial charge >= 0.3 is 0 Å². The molecule has 9 rings (SSSR count). The van der Waals surface area contributed by atoms with Gasteiger partial charge in [-0.3, -0.25) is 19.2 Å². The molecule has 0 aromatic heterocycles. The molecule has 0 spiro atoms. The first-order chi connectivity index (χ1) is 23.8. The molecule has 2 aliphatic rings. The highest BCUT2D eigenvalue weighted by molar-refractivity contribution is 6.57. The average Bonchev–Trinajstić information content (AvgIpc) is 3.06. The number of amides is 4.